The third-order valence-corrected chi connectivity index (χ3v) is 3.87. The van der Waals surface area contributed by atoms with Gasteiger partial charge in [0, 0.05) is 26.6 Å². The number of nitrogens with zero attached hydrogens (tertiary/aromatic N) is 2. The first-order chi connectivity index (χ1) is 9.49. The van der Waals surface area contributed by atoms with Gasteiger partial charge < -0.3 is 19.6 Å². The minimum atomic E-state index is -1.04. The predicted octanol–water partition coefficient (Wildman–Crippen LogP) is -0.443. The van der Waals surface area contributed by atoms with E-state index in [0.717, 1.165) is 12.8 Å². The highest BCUT2D eigenvalue weighted by atomic mass is 16.5. The molecular weight excluding hydrogens is 264 g/mol. The predicted molar refractivity (Wildman–Crippen MR) is 68.9 cm³/mol. The Morgan fingerprint density at radius 3 is 2.55 bits per heavy atom. The van der Waals surface area contributed by atoms with Crippen LogP contribution >= 0.6 is 0 Å². The number of morpholine rings is 1. The summed E-state index contributed by atoms with van der Waals surface area (Å²) in [5.74, 6) is -1.35. The summed E-state index contributed by atoms with van der Waals surface area (Å²) in [6.45, 7) is 3.38. The fourth-order valence-electron chi connectivity index (χ4n) is 2.72. The Bertz CT molecular complexity index is 376. The van der Waals surface area contributed by atoms with E-state index in [1.54, 1.807) is 9.80 Å². The van der Waals surface area contributed by atoms with Gasteiger partial charge in [0.25, 0.3) is 0 Å². The lowest BCUT2D eigenvalue weighted by Crippen LogP contribution is -2.52. The van der Waals surface area contributed by atoms with Gasteiger partial charge in [-0.3, -0.25) is 9.59 Å². The lowest BCUT2D eigenvalue weighted by molar-refractivity contribution is -0.161. The van der Waals surface area contributed by atoms with E-state index in [-0.39, 0.29) is 30.9 Å². The van der Waals surface area contributed by atoms with Gasteiger partial charge in [0.15, 0.2) is 6.10 Å². The van der Waals surface area contributed by atoms with Crippen molar-refractivity contribution in [3.8, 4) is 0 Å². The Hall–Kier alpha value is -1.63. The number of carboxylic acids is 1. The van der Waals surface area contributed by atoms with Crippen LogP contribution in [0.25, 0.3) is 0 Å². The smallest absolute Gasteiger partial charge is 0.334 e. The molecule has 0 saturated carbocycles. The molecule has 20 heavy (non-hydrogen) atoms. The molecule has 2 unspecified atom stereocenters. The van der Waals surface area contributed by atoms with Crippen LogP contribution in [0.1, 0.15) is 19.8 Å². The molecule has 2 rings (SSSR count). The van der Waals surface area contributed by atoms with Crippen molar-refractivity contribution in [1.82, 2.24) is 9.80 Å². The highest BCUT2D eigenvalue weighted by Crippen LogP contribution is 2.20. The van der Waals surface area contributed by atoms with Crippen LogP contribution in [0.3, 0.4) is 0 Å². The number of hydrogen-bond acceptors (Lipinski definition) is 4. The minimum absolute atomic E-state index is 0.0205. The van der Waals surface area contributed by atoms with Crippen molar-refractivity contribution < 1.29 is 24.2 Å². The quantitative estimate of drug-likeness (QED) is 0.742. The zero-order chi connectivity index (χ0) is 14.7. The second kappa shape index (κ2) is 6.21. The second-order valence-corrected chi connectivity index (χ2v) is 5.29. The van der Waals surface area contributed by atoms with Crippen molar-refractivity contribution in [3.05, 3.63) is 0 Å². The van der Waals surface area contributed by atoms with E-state index >= 15 is 0 Å². The van der Waals surface area contributed by atoms with E-state index in [1.165, 1.54) is 6.92 Å². The first-order valence-corrected chi connectivity index (χ1v) is 6.87. The molecule has 112 valence electrons. The van der Waals surface area contributed by atoms with E-state index in [2.05, 4.69) is 0 Å². The van der Waals surface area contributed by atoms with Crippen LogP contribution in [0, 0.1) is 5.92 Å². The highest BCUT2D eigenvalue weighted by molar-refractivity contribution is 5.82. The number of aliphatic carboxylic acids is 1. The minimum Gasteiger partial charge on any atom is -0.479 e. The normalized spacial score (nSPS) is 27.2. The summed E-state index contributed by atoms with van der Waals surface area (Å²) in [4.78, 5) is 38.0. The molecule has 2 atom stereocenters. The average Bonchev–Trinajstić information content (AvgIpc) is 2.46. The first-order valence-electron chi connectivity index (χ1n) is 6.87. The summed E-state index contributed by atoms with van der Waals surface area (Å²) in [6, 6.07) is 0. The van der Waals surface area contributed by atoms with E-state index in [4.69, 9.17) is 9.84 Å². The van der Waals surface area contributed by atoms with Crippen molar-refractivity contribution >= 4 is 17.8 Å². The van der Waals surface area contributed by atoms with Crippen molar-refractivity contribution in [2.45, 2.75) is 25.9 Å². The van der Waals surface area contributed by atoms with Crippen molar-refractivity contribution in [1.29, 1.82) is 0 Å². The first kappa shape index (κ1) is 14.8. The molecule has 7 heteroatoms. The molecular formula is C13H20N2O5. The molecule has 0 aromatic rings. The third-order valence-electron chi connectivity index (χ3n) is 3.87. The van der Waals surface area contributed by atoms with Crippen LogP contribution in [0.5, 0.6) is 0 Å². The van der Waals surface area contributed by atoms with Crippen molar-refractivity contribution in [2.24, 2.45) is 5.92 Å². The number of rotatable bonds is 2. The molecule has 0 radical (unpaired) electrons. The largest absolute Gasteiger partial charge is 0.479 e. The lowest BCUT2D eigenvalue weighted by Gasteiger charge is -2.37. The fourth-order valence-corrected chi connectivity index (χ4v) is 2.72. The number of likely N-dealkylation sites (tertiary alicyclic amines) is 1. The van der Waals surface area contributed by atoms with E-state index < -0.39 is 12.1 Å². The summed E-state index contributed by atoms with van der Waals surface area (Å²) in [5, 5.41) is 8.95. The number of piperidine rings is 1. The van der Waals surface area contributed by atoms with Crippen LogP contribution < -0.4 is 0 Å². The van der Waals surface area contributed by atoms with Crippen LogP contribution in [0.2, 0.25) is 0 Å². The van der Waals surface area contributed by atoms with Gasteiger partial charge in [-0.25, -0.2) is 4.79 Å². The van der Waals surface area contributed by atoms with Gasteiger partial charge in [-0.15, -0.1) is 0 Å². The molecule has 2 aliphatic rings. The highest BCUT2D eigenvalue weighted by Gasteiger charge is 2.34. The van der Waals surface area contributed by atoms with Gasteiger partial charge >= 0.3 is 5.97 Å². The standard InChI is InChI=1S/C13H20N2O5/c1-9(16)14-4-2-3-10(7-14)12(17)15-5-6-20-11(8-15)13(18)19/h10-11H,2-8H2,1H3,(H,18,19). The molecule has 0 aliphatic carbocycles. The van der Waals surface area contributed by atoms with Crippen LogP contribution in [-0.4, -0.2) is 71.6 Å². The average molecular weight is 284 g/mol. The van der Waals surface area contributed by atoms with Gasteiger partial charge in [0.2, 0.25) is 11.8 Å². The molecule has 0 bridgehead atoms. The number of amides is 2. The van der Waals surface area contributed by atoms with Gasteiger partial charge in [0.05, 0.1) is 19.1 Å². The Labute approximate surface area is 117 Å². The second-order valence-electron chi connectivity index (χ2n) is 5.29. The number of carboxylic acid groups (broad SMARTS) is 1. The number of hydrogen-bond donors (Lipinski definition) is 1. The molecule has 0 aromatic carbocycles. The monoisotopic (exact) mass is 284 g/mol. The molecule has 7 nitrogen and oxygen atoms in total. The summed E-state index contributed by atoms with van der Waals surface area (Å²) >= 11 is 0. The number of carbonyl (C=O) groups is 3. The lowest BCUT2D eigenvalue weighted by atomic mass is 9.96. The Kier molecular flexibility index (Phi) is 4.59. The molecule has 2 fully saturated rings. The molecule has 0 spiro atoms. The van der Waals surface area contributed by atoms with Crippen LogP contribution in [0.15, 0.2) is 0 Å². The summed E-state index contributed by atoms with van der Waals surface area (Å²) < 4.78 is 5.11. The van der Waals surface area contributed by atoms with Crippen molar-refractivity contribution in [2.75, 3.05) is 32.8 Å². The molecule has 1 N–H and O–H groups in total. The van der Waals surface area contributed by atoms with Crippen molar-refractivity contribution in [3.63, 3.8) is 0 Å². The van der Waals surface area contributed by atoms with Gasteiger partial charge in [-0.05, 0) is 12.8 Å². The fraction of sp³-hybridized carbons (Fsp3) is 0.769. The molecule has 2 saturated heterocycles. The number of ether oxygens (including phenoxy) is 1. The third kappa shape index (κ3) is 3.27. The SMILES string of the molecule is CC(=O)N1CCCC(C(=O)N2CCOC(C(=O)O)C2)C1. The van der Waals surface area contributed by atoms with E-state index in [1.807, 2.05) is 0 Å². The maximum Gasteiger partial charge on any atom is 0.334 e. The Morgan fingerprint density at radius 2 is 1.90 bits per heavy atom. The summed E-state index contributed by atoms with van der Waals surface area (Å²) in [6.07, 6.45) is 0.612. The Morgan fingerprint density at radius 1 is 1.15 bits per heavy atom. The summed E-state index contributed by atoms with van der Waals surface area (Å²) in [7, 11) is 0. The number of carbonyl (C=O) groups excluding carboxylic acids is 2. The summed E-state index contributed by atoms with van der Waals surface area (Å²) in [5.41, 5.74) is 0. The maximum absolute atomic E-state index is 12.4. The van der Waals surface area contributed by atoms with E-state index in [9.17, 15) is 14.4 Å². The molecule has 0 aromatic heterocycles. The van der Waals surface area contributed by atoms with Gasteiger partial charge in [-0.2, -0.15) is 0 Å². The topological polar surface area (TPSA) is 87.2 Å². The zero-order valence-electron chi connectivity index (χ0n) is 11.6. The Balaban J connectivity index is 1.96. The van der Waals surface area contributed by atoms with Crippen LogP contribution in [0.4, 0.5) is 0 Å². The molecule has 2 heterocycles. The van der Waals surface area contributed by atoms with E-state index in [0.29, 0.717) is 19.6 Å². The maximum atomic E-state index is 12.4. The molecule has 2 aliphatic heterocycles. The van der Waals surface area contributed by atoms with Gasteiger partial charge in [-0.1, -0.05) is 0 Å². The van der Waals surface area contributed by atoms with Gasteiger partial charge in [0.1, 0.15) is 0 Å². The van der Waals surface area contributed by atoms with Crippen LogP contribution in [-0.2, 0) is 19.1 Å². The zero-order valence-corrected chi connectivity index (χ0v) is 11.6. The molecule has 2 amide bonds.